The average Bonchev–Trinajstić information content (AvgIpc) is 2.38. The van der Waals surface area contributed by atoms with Gasteiger partial charge in [-0.1, -0.05) is 11.6 Å². The predicted octanol–water partition coefficient (Wildman–Crippen LogP) is 2.40. The van der Waals surface area contributed by atoms with E-state index < -0.39 is 6.10 Å². The van der Waals surface area contributed by atoms with E-state index in [2.05, 4.69) is 5.32 Å². The van der Waals surface area contributed by atoms with E-state index in [0.29, 0.717) is 23.9 Å². The van der Waals surface area contributed by atoms with E-state index in [-0.39, 0.29) is 12.1 Å². The van der Waals surface area contributed by atoms with Crippen molar-refractivity contribution in [1.29, 1.82) is 0 Å². The van der Waals surface area contributed by atoms with Gasteiger partial charge in [-0.3, -0.25) is 0 Å². The van der Waals surface area contributed by atoms with Gasteiger partial charge in [-0.25, -0.2) is 0 Å². The van der Waals surface area contributed by atoms with Gasteiger partial charge in [-0.05, 0) is 44.5 Å². The normalized spacial score (nSPS) is 13.3. The Morgan fingerprint density at radius 3 is 2.70 bits per heavy atom. The molecule has 0 aromatic heterocycles. The minimum atomic E-state index is -0.581. The summed E-state index contributed by atoms with van der Waals surface area (Å²) in [7, 11) is 1.66. The van der Waals surface area contributed by atoms with E-state index in [1.807, 2.05) is 26.8 Å². The number of rotatable bonds is 8. The Labute approximate surface area is 126 Å². The van der Waals surface area contributed by atoms with E-state index >= 15 is 0 Å². The summed E-state index contributed by atoms with van der Waals surface area (Å²) < 4.78 is 10.7. The van der Waals surface area contributed by atoms with Crippen LogP contribution in [0, 0.1) is 6.92 Å². The van der Waals surface area contributed by atoms with Gasteiger partial charge < -0.3 is 19.9 Å². The van der Waals surface area contributed by atoms with Crippen molar-refractivity contribution >= 4 is 11.6 Å². The molecule has 0 amide bonds. The Morgan fingerprint density at radius 2 is 2.10 bits per heavy atom. The lowest BCUT2D eigenvalue weighted by Crippen LogP contribution is -2.47. The van der Waals surface area contributed by atoms with Crippen LogP contribution in [0.1, 0.15) is 19.4 Å². The van der Waals surface area contributed by atoms with Gasteiger partial charge >= 0.3 is 0 Å². The van der Waals surface area contributed by atoms with Gasteiger partial charge in [0.05, 0.1) is 6.61 Å². The third kappa shape index (κ3) is 6.09. The first-order valence-electron chi connectivity index (χ1n) is 6.65. The van der Waals surface area contributed by atoms with E-state index in [4.69, 9.17) is 21.1 Å². The molecular formula is C15H24ClNO3. The minimum absolute atomic E-state index is 0.174. The maximum absolute atomic E-state index is 9.91. The Hall–Kier alpha value is -0.810. The smallest absolute Gasteiger partial charge is 0.119 e. The maximum atomic E-state index is 9.91. The number of ether oxygens (including phenoxy) is 2. The molecule has 5 heteroatoms. The molecule has 20 heavy (non-hydrogen) atoms. The van der Waals surface area contributed by atoms with Gasteiger partial charge in [-0.2, -0.15) is 0 Å². The molecule has 1 atom stereocenters. The summed E-state index contributed by atoms with van der Waals surface area (Å²) in [4.78, 5) is 0. The van der Waals surface area contributed by atoms with Crippen LogP contribution >= 0.6 is 11.6 Å². The molecule has 0 fully saturated rings. The van der Waals surface area contributed by atoms with Crippen LogP contribution in [-0.2, 0) is 4.74 Å². The molecule has 0 spiro atoms. The minimum Gasteiger partial charge on any atom is -0.491 e. The second kappa shape index (κ2) is 7.84. The predicted molar refractivity (Wildman–Crippen MR) is 81.6 cm³/mol. The summed E-state index contributed by atoms with van der Waals surface area (Å²) in [6, 6.07) is 5.44. The van der Waals surface area contributed by atoms with Crippen LogP contribution in [0.15, 0.2) is 18.2 Å². The molecule has 0 radical (unpaired) electrons. The summed E-state index contributed by atoms with van der Waals surface area (Å²) in [5, 5.41) is 13.9. The molecule has 1 unspecified atom stereocenters. The molecular weight excluding hydrogens is 278 g/mol. The first-order valence-corrected chi connectivity index (χ1v) is 7.03. The van der Waals surface area contributed by atoms with Gasteiger partial charge in [-0.15, -0.1) is 0 Å². The molecule has 0 heterocycles. The average molecular weight is 302 g/mol. The lowest BCUT2D eigenvalue weighted by Gasteiger charge is -2.26. The molecule has 1 rings (SSSR count). The van der Waals surface area contributed by atoms with Crippen molar-refractivity contribution in [3.05, 3.63) is 28.8 Å². The van der Waals surface area contributed by atoms with Crippen LogP contribution in [0.4, 0.5) is 0 Å². The quantitative estimate of drug-likeness (QED) is 0.774. The van der Waals surface area contributed by atoms with Crippen molar-refractivity contribution in [3.63, 3.8) is 0 Å². The molecule has 0 aliphatic rings. The Morgan fingerprint density at radius 1 is 1.40 bits per heavy atom. The van der Waals surface area contributed by atoms with Crippen molar-refractivity contribution < 1.29 is 14.6 Å². The lowest BCUT2D eigenvalue weighted by molar-refractivity contribution is 0.0813. The zero-order valence-corrected chi connectivity index (χ0v) is 13.3. The first-order chi connectivity index (χ1) is 9.34. The zero-order valence-electron chi connectivity index (χ0n) is 12.6. The second-order valence-corrected chi connectivity index (χ2v) is 5.98. The molecule has 0 saturated heterocycles. The highest BCUT2D eigenvalue weighted by Gasteiger charge is 2.18. The summed E-state index contributed by atoms with van der Waals surface area (Å²) in [5.41, 5.74) is 0.782. The van der Waals surface area contributed by atoms with Gasteiger partial charge in [0, 0.05) is 24.2 Å². The van der Waals surface area contributed by atoms with E-state index in [9.17, 15) is 5.11 Å². The number of benzene rings is 1. The van der Waals surface area contributed by atoms with Crippen molar-refractivity contribution in [2.45, 2.75) is 32.4 Å². The van der Waals surface area contributed by atoms with Gasteiger partial charge in [0.15, 0.2) is 0 Å². The molecule has 0 aliphatic heterocycles. The highest BCUT2D eigenvalue weighted by Crippen LogP contribution is 2.21. The van der Waals surface area contributed by atoms with Crippen LogP contribution in [-0.4, -0.2) is 43.6 Å². The largest absolute Gasteiger partial charge is 0.491 e. The Kier molecular flexibility index (Phi) is 6.76. The van der Waals surface area contributed by atoms with Gasteiger partial charge in [0.25, 0.3) is 0 Å². The lowest BCUT2D eigenvalue weighted by atomic mass is 10.1. The fraction of sp³-hybridized carbons (Fsp3) is 0.600. The second-order valence-electron chi connectivity index (χ2n) is 5.57. The highest BCUT2D eigenvalue weighted by molar-refractivity contribution is 6.31. The molecule has 0 aliphatic carbocycles. The summed E-state index contributed by atoms with van der Waals surface area (Å²) >= 11 is 5.95. The zero-order chi connectivity index (χ0) is 15.2. The molecule has 1 aromatic rings. The third-order valence-corrected chi connectivity index (χ3v) is 3.32. The summed E-state index contributed by atoms with van der Waals surface area (Å²) in [6.45, 7) is 7.22. The summed E-state index contributed by atoms with van der Waals surface area (Å²) in [6.07, 6.45) is -0.581. The molecule has 0 bridgehead atoms. The number of hydrogen-bond donors (Lipinski definition) is 2. The topological polar surface area (TPSA) is 50.7 Å². The summed E-state index contributed by atoms with van der Waals surface area (Å²) in [5.74, 6) is 0.710. The molecule has 1 aromatic carbocycles. The molecule has 114 valence electrons. The number of hydrogen-bond acceptors (Lipinski definition) is 4. The monoisotopic (exact) mass is 301 g/mol. The van der Waals surface area contributed by atoms with Crippen molar-refractivity contribution in [2.24, 2.45) is 0 Å². The van der Waals surface area contributed by atoms with Gasteiger partial charge in [0.1, 0.15) is 18.5 Å². The van der Waals surface area contributed by atoms with Crippen LogP contribution in [0.3, 0.4) is 0 Å². The van der Waals surface area contributed by atoms with Crippen molar-refractivity contribution in [2.75, 3.05) is 26.9 Å². The van der Waals surface area contributed by atoms with Crippen molar-refractivity contribution in [1.82, 2.24) is 5.32 Å². The number of β-amino-alcohol motifs (C(OH)–C–C–N with tert-alkyl or cyclic N) is 1. The SMILES string of the molecule is COCC(C)(C)NCC(O)COc1ccc(Cl)c(C)c1. The number of aliphatic hydroxyl groups is 1. The molecule has 0 saturated carbocycles. The van der Waals surface area contributed by atoms with Crippen LogP contribution in [0.5, 0.6) is 5.75 Å². The van der Waals surface area contributed by atoms with Gasteiger partial charge in [0.2, 0.25) is 0 Å². The number of aryl methyl sites for hydroxylation is 1. The third-order valence-electron chi connectivity index (χ3n) is 2.89. The first kappa shape index (κ1) is 17.2. The fourth-order valence-electron chi connectivity index (χ4n) is 1.76. The Balaban J connectivity index is 2.36. The van der Waals surface area contributed by atoms with E-state index in [1.54, 1.807) is 19.2 Å². The molecule has 4 nitrogen and oxygen atoms in total. The van der Waals surface area contributed by atoms with E-state index in [1.165, 1.54) is 0 Å². The van der Waals surface area contributed by atoms with Crippen LogP contribution in [0.25, 0.3) is 0 Å². The highest BCUT2D eigenvalue weighted by atomic mass is 35.5. The standard InChI is InChI=1S/C15H24ClNO3/c1-11-7-13(5-6-14(11)16)20-9-12(18)8-17-15(2,3)10-19-4/h5-7,12,17-18H,8-10H2,1-4H3. The van der Waals surface area contributed by atoms with Crippen LogP contribution < -0.4 is 10.1 Å². The fourth-order valence-corrected chi connectivity index (χ4v) is 1.88. The van der Waals surface area contributed by atoms with Crippen molar-refractivity contribution in [3.8, 4) is 5.75 Å². The van der Waals surface area contributed by atoms with Crippen LogP contribution in [0.2, 0.25) is 5.02 Å². The number of methoxy groups -OCH3 is 1. The molecule has 2 N–H and O–H groups in total. The number of nitrogens with one attached hydrogen (secondary N) is 1. The number of halogens is 1. The Bertz CT molecular complexity index is 424. The van der Waals surface area contributed by atoms with E-state index in [0.717, 1.165) is 5.56 Å². The number of aliphatic hydroxyl groups excluding tert-OH is 1. The maximum Gasteiger partial charge on any atom is 0.119 e.